The third-order valence-corrected chi connectivity index (χ3v) is 5.74. The Labute approximate surface area is 123 Å². The molecule has 108 valence electrons. The van der Waals surface area contributed by atoms with Crippen molar-refractivity contribution in [1.82, 2.24) is 4.72 Å². The number of sulfonamides is 1. The SMILES string of the molecule is CC(C)(CNS(=O)(=O)c1ccc(N)cc1)c1cccs1. The number of nitrogens with one attached hydrogen (secondary N) is 1. The van der Waals surface area contributed by atoms with Crippen LogP contribution in [0.4, 0.5) is 5.69 Å². The Morgan fingerprint density at radius 2 is 1.85 bits per heavy atom. The average molecular weight is 310 g/mol. The molecule has 1 aromatic heterocycles. The first-order valence-electron chi connectivity index (χ1n) is 6.20. The first-order chi connectivity index (χ1) is 9.31. The lowest BCUT2D eigenvalue weighted by Gasteiger charge is -2.23. The molecule has 0 saturated carbocycles. The molecular formula is C14H18N2O2S2. The molecule has 0 aliphatic carbocycles. The van der Waals surface area contributed by atoms with E-state index in [1.54, 1.807) is 23.5 Å². The molecular weight excluding hydrogens is 292 g/mol. The Hall–Kier alpha value is -1.37. The van der Waals surface area contributed by atoms with E-state index in [0.29, 0.717) is 12.2 Å². The summed E-state index contributed by atoms with van der Waals surface area (Å²) >= 11 is 1.63. The van der Waals surface area contributed by atoms with Gasteiger partial charge in [0.05, 0.1) is 4.90 Å². The smallest absolute Gasteiger partial charge is 0.240 e. The van der Waals surface area contributed by atoms with Gasteiger partial charge in [-0.25, -0.2) is 13.1 Å². The van der Waals surface area contributed by atoms with E-state index < -0.39 is 10.0 Å². The van der Waals surface area contributed by atoms with E-state index in [-0.39, 0.29) is 10.3 Å². The number of nitrogen functional groups attached to an aromatic ring is 1. The van der Waals surface area contributed by atoms with Gasteiger partial charge in [-0.05, 0) is 35.7 Å². The van der Waals surface area contributed by atoms with Crippen molar-refractivity contribution >= 4 is 27.0 Å². The van der Waals surface area contributed by atoms with Crippen molar-refractivity contribution in [2.75, 3.05) is 12.3 Å². The van der Waals surface area contributed by atoms with E-state index in [1.807, 2.05) is 31.4 Å². The molecule has 2 rings (SSSR count). The molecule has 0 atom stereocenters. The molecule has 0 aliphatic heterocycles. The molecule has 0 saturated heterocycles. The minimum Gasteiger partial charge on any atom is -0.399 e. The van der Waals surface area contributed by atoms with Crippen LogP contribution in [0.25, 0.3) is 0 Å². The molecule has 6 heteroatoms. The molecule has 1 aromatic carbocycles. The summed E-state index contributed by atoms with van der Waals surface area (Å²) in [7, 11) is -3.50. The Balaban J connectivity index is 2.12. The molecule has 0 unspecified atom stereocenters. The van der Waals surface area contributed by atoms with E-state index in [0.717, 1.165) is 4.88 Å². The van der Waals surface area contributed by atoms with E-state index in [1.165, 1.54) is 12.1 Å². The zero-order chi connectivity index (χ0) is 14.8. The highest BCUT2D eigenvalue weighted by molar-refractivity contribution is 7.89. The third kappa shape index (κ3) is 3.39. The Bertz CT molecular complexity index is 660. The van der Waals surface area contributed by atoms with Crippen molar-refractivity contribution in [3.8, 4) is 0 Å². The highest BCUT2D eigenvalue weighted by Crippen LogP contribution is 2.27. The third-order valence-electron chi connectivity index (χ3n) is 3.08. The van der Waals surface area contributed by atoms with E-state index in [4.69, 9.17) is 5.73 Å². The number of hydrogen-bond donors (Lipinski definition) is 2. The van der Waals surface area contributed by atoms with Crippen molar-refractivity contribution in [3.63, 3.8) is 0 Å². The average Bonchev–Trinajstić information content (AvgIpc) is 2.92. The fourth-order valence-corrected chi connectivity index (χ4v) is 3.82. The van der Waals surface area contributed by atoms with Crippen molar-refractivity contribution < 1.29 is 8.42 Å². The zero-order valence-electron chi connectivity index (χ0n) is 11.5. The minimum atomic E-state index is -3.50. The predicted octanol–water partition coefficient (Wildman–Crippen LogP) is 2.59. The number of benzene rings is 1. The lowest BCUT2D eigenvalue weighted by atomic mass is 9.92. The highest BCUT2D eigenvalue weighted by Gasteiger charge is 2.24. The second-order valence-corrected chi connectivity index (χ2v) is 7.97. The van der Waals surface area contributed by atoms with Crippen molar-refractivity contribution in [3.05, 3.63) is 46.7 Å². The van der Waals surface area contributed by atoms with Gasteiger partial charge in [0.1, 0.15) is 0 Å². The quantitative estimate of drug-likeness (QED) is 0.834. The fraction of sp³-hybridized carbons (Fsp3) is 0.286. The lowest BCUT2D eigenvalue weighted by Crippen LogP contribution is -2.36. The van der Waals surface area contributed by atoms with Crippen molar-refractivity contribution in [2.24, 2.45) is 0 Å². The van der Waals surface area contributed by atoms with E-state index in [9.17, 15) is 8.42 Å². The zero-order valence-corrected chi connectivity index (χ0v) is 13.1. The second-order valence-electron chi connectivity index (χ2n) is 5.25. The number of rotatable bonds is 5. The van der Waals surface area contributed by atoms with Crippen LogP contribution in [0, 0.1) is 0 Å². The first-order valence-corrected chi connectivity index (χ1v) is 8.57. The highest BCUT2D eigenvalue weighted by atomic mass is 32.2. The van der Waals surface area contributed by atoms with Crippen LogP contribution in [0.3, 0.4) is 0 Å². The van der Waals surface area contributed by atoms with Gasteiger partial charge in [-0.2, -0.15) is 0 Å². The number of anilines is 1. The lowest BCUT2D eigenvalue weighted by molar-refractivity contribution is 0.509. The molecule has 3 N–H and O–H groups in total. The maximum absolute atomic E-state index is 12.2. The molecule has 0 aliphatic rings. The van der Waals surface area contributed by atoms with Gasteiger partial charge in [0.15, 0.2) is 0 Å². The van der Waals surface area contributed by atoms with Crippen molar-refractivity contribution in [1.29, 1.82) is 0 Å². The first kappa shape index (κ1) is 15.0. The minimum absolute atomic E-state index is 0.230. The molecule has 0 radical (unpaired) electrons. The maximum atomic E-state index is 12.2. The van der Waals surface area contributed by atoms with Crippen LogP contribution in [0.5, 0.6) is 0 Å². The topological polar surface area (TPSA) is 72.2 Å². The van der Waals surface area contributed by atoms with Gasteiger partial charge in [0.25, 0.3) is 0 Å². The summed E-state index contributed by atoms with van der Waals surface area (Å²) in [6.45, 7) is 4.38. The van der Waals surface area contributed by atoms with Gasteiger partial charge in [0.2, 0.25) is 10.0 Å². The van der Waals surface area contributed by atoms with E-state index in [2.05, 4.69) is 4.72 Å². The molecule has 1 heterocycles. The van der Waals surface area contributed by atoms with Gasteiger partial charge in [-0.3, -0.25) is 0 Å². The second kappa shape index (κ2) is 5.55. The summed E-state index contributed by atoms with van der Waals surface area (Å²) in [6, 6.07) is 10.2. The summed E-state index contributed by atoms with van der Waals surface area (Å²) in [6.07, 6.45) is 0. The summed E-state index contributed by atoms with van der Waals surface area (Å²) < 4.78 is 27.1. The Kier molecular flexibility index (Phi) is 4.17. The molecule has 2 aromatic rings. The van der Waals surface area contributed by atoms with E-state index >= 15 is 0 Å². The van der Waals surface area contributed by atoms with Crippen LogP contribution in [-0.4, -0.2) is 15.0 Å². The predicted molar refractivity (Wildman–Crippen MR) is 83.4 cm³/mol. The number of nitrogens with two attached hydrogens (primary N) is 1. The number of thiophene rings is 1. The van der Waals surface area contributed by atoms with Crippen LogP contribution in [0.15, 0.2) is 46.7 Å². The largest absolute Gasteiger partial charge is 0.399 e. The van der Waals surface area contributed by atoms with Crippen LogP contribution >= 0.6 is 11.3 Å². The monoisotopic (exact) mass is 310 g/mol. The van der Waals surface area contributed by atoms with Gasteiger partial charge < -0.3 is 5.73 Å². The maximum Gasteiger partial charge on any atom is 0.240 e. The Morgan fingerprint density at radius 1 is 1.20 bits per heavy atom. The molecule has 20 heavy (non-hydrogen) atoms. The van der Waals surface area contributed by atoms with Crippen LogP contribution < -0.4 is 10.5 Å². The van der Waals surface area contributed by atoms with Crippen LogP contribution in [-0.2, 0) is 15.4 Å². The molecule has 0 spiro atoms. The van der Waals surface area contributed by atoms with Gasteiger partial charge in [-0.1, -0.05) is 19.9 Å². The molecule has 0 fully saturated rings. The summed E-state index contributed by atoms with van der Waals surface area (Å²) in [4.78, 5) is 1.38. The van der Waals surface area contributed by atoms with Gasteiger partial charge >= 0.3 is 0 Å². The molecule has 4 nitrogen and oxygen atoms in total. The summed E-state index contributed by atoms with van der Waals surface area (Å²) in [5.41, 5.74) is 5.87. The van der Waals surface area contributed by atoms with Crippen LogP contribution in [0.2, 0.25) is 0 Å². The van der Waals surface area contributed by atoms with Gasteiger partial charge in [-0.15, -0.1) is 11.3 Å². The molecule has 0 bridgehead atoms. The Morgan fingerprint density at radius 3 is 2.40 bits per heavy atom. The van der Waals surface area contributed by atoms with Gasteiger partial charge in [0, 0.05) is 22.5 Å². The number of hydrogen-bond acceptors (Lipinski definition) is 4. The summed E-state index contributed by atoms with van der Waals surface area (Å²) in [5, 5.41) is 1.99. The van der Waals surface area contributed by atoms with Crippen molar-refractivity contribution in [2.45, 2.75) is 24.2 Å². The fourth-order valence-electron chi connectivity index (χ4n) is 1.76. The van der Waals surface area contributed by atoms with Crippen LogP contribution in [0.1, 0.15) is 18.7 Å². The standard InChI is InChI=1S/C14H18N2O2S2/c1-14(2,13-4-3-9-19-13)10-16-20(17,18)12-7-5-11(15)6-8-12/h3-9,16H,10,15H2,1-2H3. The summed E-state index contributed by atoms with van der Waals surface area (Å²) in [5.74, 6) is 0. The molecule has 0 amide bonds. The normalized spacial score (nSPS) is 12.5.